The molecule has 0 saturated carbocycles. The van der Waals surface area contributed by atoms with E-state index in [1.807, 2.05) is 24.3 Å². The van der Waals surface area contributed by atoms with Crippen molar-refractivity contribution in [1.82, 2.24) is 5.32 Å². The molecular weight excluding hydrogens is 440 g/mol. The summed E-state index contributed by atoms with van der Waals surface area (Å²) >= 11 is 0. The predicted octanol–water partition coefficient (Wildman–Crippen LogP) is 5.88. The predicted molar refractivity (Wildman–Crippen MR) is 138 cm³/mol. The molecule has 35 heavy (non-hydrogen) atoms. The smallest absolute Gasteiger partial charge is 0.339 e. The molecule has 0 aliphatic carbocycles. The van der Waals surface area contributed by atoms with E-state index in [0.717, 1.165) is 24.4 Å². The molecule has 0 aromatic heterocycles. The Morgan fingerprint density at radius 2 is 1.83 bits per heavy atom. The van der Waals surface area contributed by atoms with Crippen LogP contribution >= 0.6 is 0 Å². The van der Waals surface area contributed by atoms with Crippen molar-refractivity contribution in [3.8, 4) is 11.5 Å². The van der Waals surface area contributed by atoms with Crippen LogP contribution in [-0.4, -0.2) is 35.4 Å². The topological polar surface area (TPSA) is 82.0 Å². The monoisotopic (exact) mass is 468 g/mol. The lowest BCUT2D eigenvalue weighted by Crippen LogP contribution is -2.39. The quantitative estimate of drug-likeness (QED) is 0.314. The zero-order valence-corrected chi connectivity index (χ0v) is 19.5. The molecule has 0 amide bonds. The lowest BCUT2D eigenvalue weighted by Gasteiger charge is -2.36. The number of benzene rings is 4. The fourth-order valence-corrected chi connectivity index (χ4v) is 4.76. The van der Waals surface area contributed by atoms with Crippen molar-refractivity contribution < 1.29 is 19.7 Å². The summed E-state index contributed by atoms with van der Waals surface area (Å²) in [6.45, 7) is 3.52. The molecule has 0 fully saturated rings. The number of hydrogen-bond donors (Lipinski definition) is 3. The van der Waals surface area contributed by atoms with Crippen LogP contribution in [0.5, 0.6) is 11.5 Å². The van der Waals surface area contributed by atoms with Crippen molar-refractivity contribution in [1.29, 1.82) is 0 Å². The second-order valence-corrected chi connectivity index (χ2v) is 8.86. The van der Waals surface area contributed by atoms with Crippen LogP contribution in [0.15, 0.2) is 84.9 Å². The second kappa shape index (κ2) is 9.68. The van der Waals surface area contributed by atoms with E-state index in [2.05, 4.69) is 59.6 Å². The molecule has 4 aromatic carbocycles. The average Bonchev–Trinajstić information content (AvgIpc) is 2.88. The molecule has 6 heteroatoms. The van der Waals surface area contributed by atoms with Crippen LogP contribution in [0.2, 0.25) is 0 Å². The van der Waals surface area contributed by atoms with Crippen molar-refractivity contribution in [2.24, 2.45) is 0 Å². The highest BCUT2D eigenvalue weighted by Gasteiger charge is 2.27. The summed E-state index contributed by atoms with van der Waals surface area (Å²) in [5.41, 5.74) is 2.74. The fraction of sp³-hybridized carbons (Fsp3) is 0.207. The third kappa shape index (κ3) is 4.66. The van der Waals surface area contributed by atoms with E-state index in [4.69, 9.17) is 4.74 Å². The van der Waals surface area contributed by atoms with E-state index in [1.165, 1.54) is 28.5 Å². The normalized spacial score (nSPS) is 15.9. The molecular formula is C29H28N2O4. The molecule has 0 radical (unpaired) electrons. The lowest BCUT2D eigenvalue weighted by atomic mass is 9.99. The highest BCUT2D eigenvalue weighted by molar-refractivity contribution is 5.92. The number of phenols is 1. The first-order valence-electron chi connectivity index (χ1n) is 11.8. The number of carboxylic acid groups (broad SMARTS) is 1. The first-order valence-corrected chi connectivity index (χ1v) is 11.8. The number of fused-ring (bicyclic) bond motifs is 2. The van der Waals surface area contributed by atoms with Crippen molar-refractivity contribution in [3.63, 3.8) is 0 Å². The molecule has 0 spiro atoms. The first-order chi connectivity index (χ1) is 17.0. The van der Waals surface area contributed by atoms with Crippen LogP contribution in [0, 0.1) is 0 Å². The van der Waals surface area contributed by atoms with Gasteiger partial charge in [0.15, 0.2) is 0 Å². The van der Waals surface area contributed by atoms with Crippen molar-refractivity contribution in [2.75, 3.05) is 18.0 Å². The third-order valence-corrected chi connectivity index (χ3v) is 6.56. The van der Waals surface area contributed by atoms with E-state index < -0.39 is 5.97 Å². The van der Waals surface area contributed by atoms with Crippen molar-refractivity contribution in [2.45, 2.75) is 25.5 Å². The number of rotatable bonds is 7. The number of ether oxygens (including phenoxy) is 1. The molecule has 2 atom stereocenters. The third-order valence-electron chi connectivity index (χ3n) is 6.56. The van der Waals surface area contributed by atoms with Crippen LogP contribution < -0.4 is 15.0 Å². The number of nitrogens with one attached hydrogen (secondary N) is 1. The number of hydrogen-bond acceptors (Lipinski definition) is 5. The Morgan fingerprint density at radius 1 is 1.06 bits per heavy atom. The van der Waals surface area contributed by atoms with Crippen LogP contribution in [0.1, 0.15) is 35.3 Å². The van der Waals surface area contributed by atoms with Gasteiger partial charge in [-0.25, -0.2) is 4.79 Å². The number of para-hydroxylation sites is 2. The van der Waals surface area contributed by atoms with E-state index >= 15 is 0 Å². The molecule has 1 aliphatic heterocycles. The van der Waals surface area contributed by atoms with Gasteiger partial charge in [0.2, 0.25) is 0 Å². The molecule has 0 saturated heterocycles. The maximum atomic E-state index is 11.6. The molecule has 3 N–H and O–H groups in total. The number of aromatic carboxylic acids is 1. The van der Waals surface area contributed by atoms with Gasteiger partial charge in [0, 0.05) is 11.7 Å². The van der Waals surface area contributed by atoms with Crippen LogP contribution in [0.3, 0.4) is 0 Å². The van der Waals surface area contributed by atoms with E-state index in [9.17, 15) is 15.0 Å². The standard InChI is InChI=1S/C29H28N2O4/c1-19(23-10-6-8-20-7-2-3-9-24(20)23)30-16-15-22-18-31(26-11-4-5-12-28(26)35-22)21-13-14-27(32)25(17-21)29(33)34/h2-14,17,19,22,30,32H,15-16,18H2,1H3,(H,33,34). The summed E-state index contributed by atoms with van der Waals surface area (Å²) in [6, 6.07) is 27.4. The van der Waals surface area contributed by atoms with E-state index in [-0.39, 0.29) is 23.5 Å². The molecule has 6 nitrogen and oxygen atoms in total. The molecule has 4 aromatic rings. The van der Waals surface area contributed by atoms with Crippen LogP contribution in [0.4, 0.5) is 11.4 Å². The van der Waals surface area contributed by atoms with Crippen molar-refractivity contribution >= 4 is 28.1 Å². The molecule has 2 unspecified atom stereocenters. The number of carbonyl (C=O) groups is 1. The minimum absolute atomic E-state index is 0.0841. The zero-order valence-electron chi connectivity index (χ0n) is 19.5. The Labute approximate surface area is 204 Å². The van der Waals surface area contributed by atoms with Crippen LogP contribution in [-0.2, 0) is 0 Å². The van der Waals surface area contributed by atoms with E-state index in [0.29, 0.717) is 12.2 Å². The van der Waals surface area contributed by atoms with Gasteiger partial charge in [0.05, 0.1) is 12.2 Å². The molecule has 5 rings (SSSR count). The zero-order chi connectivity index (χ0) is 24.4. The molecule has 1 heterocycles. The van der Waals surface area contributed by atoms with E-state index in [1.54, 1.807) is 6.07 Å². The maximum absolute atomic E-state index is 11.6. The Hall–Kier alpha value is -4.03. The Kier molecular flexibility index (Phi) is 6.29. The highest BCUT2D eigenvalue weighted by atomic mass is 16.5. The summed E-state index contributed by atoms with van der Waals surface area (Å²) in [4.78, 5) is 13.6. The summed E-state index contributed by atoms with van der Waals surface area (Å²) in [5, 5.41) is 25.5. The number of nitrogens with zero attached hydrogens (tertiary/aromatic N) is 1. The van der Waals surface area contributed by atoms with Gasteiger partial charge in [-0.3, -0.25) is 0 Å². The van der Waals surface area contributed by atoms with Gasteiger partial charge in [-0.05, 0) is 66.6 Å². The van der Waals surface area contributed by atoms with Crippen molar-refractivity contribution in [3.05, 3.63) is 96.1 Å². The van der Waals surface area contributed by atoms with Gasteiger partial charge in [0.25, 0.3) is 0 Å². The van der Waals surface area contributed by atoms with Gasteiger partial charge in [0.1, 0.15) is 23.2 Å². The van der Waals surface area contributed by atoms with Gasteiger partial charge >= 0.3 is 5.97 Å². The Balaban J connectivity index is 1.31. The van der Waals surface area contributed by atoms with Gasteiger partial charge in [-0.2, -0.15) is 0 Å². The molecule has 1 aliphatic rings. The van der Waals surface area contributed by atoms with Gasteiger partial charge in [-0.15, -0.1) is 0 Å². The first kappa shape index (κ1) is 22.7. The molecule has 178 valence electrons. The van der Waals surface area contributed by atoms with Crippen LogP contribution in [0.25, 0.3) is 10.8 Å². The lowest BCUT2D eigenvalue weighted by molar-refractivity contribution is 0.0693. The summed E-state index contributed by atoms with van der Waals surface area (Å²) in [6.07, 6.45) is 0.697. The highest BCUT2D eigenvalue weighted by Crippen LogP contribution is 2.39. The Morgan fingerprint density at radius 3 is 2.69 bits per heavy atom. The summed E-state index contributed by atoms with van der Waals surface area (Å²) < 4.78 is 6.30. The van der Waals surface area contributed by atoms with Gasteiger partial charge < -0.3 is 25.2 Å². The SMILES string of the molecule is CC(NCCC1CN(c2ccc(O)c(C(=O)O)c2)c2ccccc2O1)c1cccc2ccccc12. The fourth-order valence-electron chi connectivity index (χ4n) is 4.76. The summed E-state index contributed by atoms with van der Waals surface area (Å²) in [5.74, 6) is -0.643. The number of aromatic hydroxyl groups is 1. The van der Waals surface area contributed by atoms with Gasteiger partial charge in [-0.1, -0.05) is 54.6 Å². The summed E-state index contributed by atoms with van der Waals surface area (Å²) in [7, 11) is 0. The average molecular weight is 469 g/mol. The minimum atomic E-state index is -1.16. The largest absolute Gasteiger partial charge is 0.507 e. The maximum Gasteiger partial charge on any atom is 0.339 e. The molecule has 0 bridgehead atoms. The number of anilines is 2. The number of carboxylic acids is 1. The Bertz CT molecular complexity index is 1360. The second-order valence-electron chi connectivity index (χ2n) is 8.86. The minimum Gasteiger partial charge on any atom is -0.507 e.